The van der Waals surface area contributed by atoms with Crippen molar-refractivity contribution in [1.82, 2.24) is 0 Å². The van der Waals surface area contributed by atoms with Gasteiger partial charge >= 0.3 is 0 Å². The second kappa shape index (κ2) is 7.44. The molecule has 0 saturated heterocycles. The number of sulfonamides is 1. The molecule has 2 aromatic rings. The van der Waals surface area contributed by atoms with Crippen LogP contribution in [-0.2, 0) is 20.6 Å². The first-order chi connectivity index (χ1) is 11.7. The first kappa shape index (κ1) is 18.6. The molecule has 0 aliphatic carbocycles. The van der Waals surface area contributed by atoms with Gasteiger partial charge in [-0.2, -0.15) is 0 Å². The number of Topliss-reactive ketones (excluding diaryl/α,β-unsaturated/α-hetero) is 1. The molecule has 6 heteroatoms. The van der Waals surface area contributed by atoms with E-state index in [0.717, 1.165) is 4.31 Å². The van der Waals surface area contributed by atoms with Crippen LogP contribution in [0.2, 0.25) is 0 Å². The van der Waals surface area contributed by atoms with Crippen molar-refractivity contribution in [2.24, 2.45) is 0 Å². The first-order valence-corrected chi connectivity index (χ1v) is 9.21. The summed E-state index contributed by atoms with van der Waals surface area (Å²) in [4.78, 5) is 23.9. The van der Waals surface area contributed by atoms with Crippen LogP contribution in [0.4, 0.5) is 5.69 Å². The largest absolute Gasteiger partial charge is 0.295 e. The van der Waals surface area contributed by atoms with Gasteiger partial charge in [-0.25, -0.2) is 12.7 Å². The normalized spacial score (nSPS) is 11.0. The minimum absolute atomic E-state index is 0.104. The lowest BCUT2D eigenvalue weighted by Gasteiger charge is -2.23. The molecule has 0 aromatic heterocycles. The summed E-state index contributed by atoms with van der Waals surface area (Å²) in [5.41, 5.74) is 1.29. The van der Waals surface area contributed by atoms with Gasteiger partial charge in [-0.3, -0.25) is 9.59 Å². The van der Waals surface area contributed by atoms with Crippen LogP contribution in [0.1, 0.15) is 29.8 Å². The van der Waals surface area contributed by atoms with Crippen molar-refractivity contribution in [3.63, 3.8) is 0 Å². The predicted octanol–water partition coefficient (Wildman–Crippen LogP) is 3.33. The van der Waals surface area contributed by atoms with Gasteiger partial charge in [-0.05, 0) is 43.7 Å². The molecule has 0 bridgehead atoms. The van der Waals surface area contributed by atoms with E-state index in [2.05, 4.69) is 6.58 Å². The predicted molar refractivity (Wildman–Crippen MR) is 97.8 cm³/mol. The van der Waals surface area contributed by atoms with Crippen molar-refractivity contribution in [2.45, 2.75) is 19.6 Å². The molecular weight excluding hydrogens is 338 g/mol. The first-order valence-electron chi connectivity index (χ1n) is 7.60. The van der Waals surface area contributed by atoms with Gasteiger partial charge < -0.3 is 0 Å². The summed E-state index contributed by atoms with van der Waals surface area (Å²) in [6, 6.07) is 14.5. The zero-order chi connectivity index (χ0) is 18.6. The standard InChI is InChI=1S/C19H19NO4S/c1-14(2)19(22)20(18-11-9-17(10-12-18)15(3)21)25(23,24)13-16-7-5-4-6-8-16/h4-12H,1,13H2,2-3H3. The van der Waals surface area contributed by atoms with Crippen molar-refractivity contribution < 1.29 is 18.0 Å². The number of nitrogens with zero attached hydrogens (tertiary/aromatic N) is 1. The lowest BCUT2D eigenvalue weighted by Crippen LogP contribution is -2.38. The third kappa shape index (κ3) is 4.42. The average Bonchev–Trinajstić information content (AvgIpc) is 2.55. The average molecular weight is 357 g/mol. The smallest absolute Gasteiger partial charge is 0.267 e. The van der Waals surface area contributed by atoms with Gasteiger partial charge in [0.25, 0.3) is 5.91 Å². The van der Waals surface area contributed by atoms with E-state index in [4.69, 9.17) is 0 Å². The van der Waals surface area contributed by atoms with E-state index < -0.39 is 15.9 Å². The van der Waals surface area contributed by atoms with Crippen LogP contribution in [-0.4, -0.2) is 20.1 Å². The van der Waals surface area contributed by atoms with Crippen LogP contribution >= 0.6 is 0 Å². The Hall–Kier alpha value is -2.73. The van der Waals surface area contributed by atoms with Crippen molar-refractivity contribution in [1.29, 1.82) is 0 Å². The molecular formula is C19H19NO4S. The SMILES string of the molecule is C=C(C)C(=O)N(c1ccc(C(C)=O)cc1)S(=O)(=O)Cc1ccccc1. The van der Waals surface area contributed by atoms with Gasteiger partial charge in [0.1, 0.15) is 0 Å². The molecule has 0 saturated carbocycles. The minimum atomic E-state index is -3.97. The Morgan fingerprint density at radius 3 is 2.00 bits per heavy atom. The number of rotatable bonds is 6. The van der Waals surface area contributed by atoms with E-state index in [9.17, 15) is 18.0 Å². The number of carbonyl (C=O) groups excluding carboxylic acids is 2. The number of carbonyl (C=O) groups is 2. The Morgan fingerprint density at radius 2 is 1.52 bits per heavy atom. The molecule has 130 valence electrons. The number of amides is 1. The fourth-order valence-corrected chi connectivity index (χ4v) is 3.85. The Balaban J connectivity index is 2.47. The molecule has 0 aliphatic rings. The molecule has 0 spiro atoms. The Kier molecular flexibility index (Phi) is 5.54. The van der Waals surface area contributed by atoms with E-state index in [0.29, 0.717) is 11.1 Å². The number of hydrogen-bond donors (Lipinski definition) is 0. The van der Waals surface area contributed by atoms with Gasteiger partial charge in [-0.1, -0.05) is 36.9 Å². The molecule has 0 heterocycles. The number of anilines is 1. The highest BCUT2D eigenvalue weighted by Crippen LogP contribution is 2.23. The lowest BCUT2D eigenvalue weighted by atomic mass is 10.1. The minimum Gasteiger partial charge on any atom is -0.295 e. The molecule has 2 aromatic carbocycles. The van der Waals surface area contributed by atoms with Crippen LogP contribution in [0.25, 0.3) is 0 Å². The fourth-order valence-electron chi connectivity index (χ4n) is 2.26. The zero-order valence-electron chi connectivity index (χ0n) is 14.1. The fraction of sp³-hybridized carbons (Fsp3) is 0.158. The van der Waals surface area contributed by atoms with Crippen molar-refractivity contribution in [3.8, 4) is 0 Å². The highest BCUT2D eigenvalue weighted by molar-refractivity contribution is 7.92. The Bertz CT molecular complexity index is 900. The summed E-state index contributed by atoms with van der Waals surface area (Å²) in [7, 11) is -3.97. The maximum absolute atomic E-state index is 12.9. The number of ketones is 1. The summed E-state index contributed by atoms with van der Waals surface area (Å²) in [5.74, 6) is -1.16. The van der Waals surface area contributed by atoms with Gasteiger partial charge in [-0.15, -0.1) is 0 Å². The molecule has 0 aliphatic heterocycles. The summed E-state index contributed by atoms with van der Waals surface area (Å²) >= 11 is 0. The molecule has 1 amide bonds. The summed E-state index contributed by atoms with van der Waals surface area (Å²) in [5, 5.41) is 0. The van der Waals surface area contributed by atoms with Crippen LogP contribution in [0, 0.1) is 0 Å². The van der Waals surface area contributed by atoms with E-state index in [-0.39, 0.29) is 22.8 Å². The molecule has 0 N–H and O–H groups in total. The van der Waals surface area contributed by atoms with Gasteiger partial charge in [0, 0.05) is 11.1 Å². The van der Waals surface area contributed by atoms with Crippen LogP contribution in [0.3, 0.4) is 0 Å². The third-order valence-corrected chi connectivity index (χ3v) is 5.16. The molecule has 0 atom stereocenters. The zero-order valence-corrected chi connectivity index (χ0v) is 14.9. The maximum atomic E-state index is 12.9. The molecule has 0 unspecified atom stereocenters. The molecule has 2 rings (SSSR count). The molecule has 25 heavy (non-hydrogen) atoms. The Morgan fingerprint density at radius 1 is 0.960 bits per heavy atom. The molecule has 5 nitrogen and oxygen atoms in total. The van der Waals surface area contributed by atoms with Crippen molar-refractivity contribution in [3.05, 3.63) is 77.9 Å². The molecule has 0 radical (unpaired) electrons. The van der Waals surface area contributed by atoms with Crippen molar-refractivity contribution in [2.75, 3.05) is 4.31 Å². The lowest BCUT2D eigenvalue weighted by molar-refractivity contribution is -0.113. The van der Waals surface area contributed by atoms with E-state index >= 15 is 0 Å². The van der Waals surface area contributed by atoms with Gasteiger partial charge in [0.05, 0.1) is 11.4 Å². The van der Waals surface area contributed by atoms with E-state index in [1.165, 1.54) is 38.1 Å². The maximum Gasteiger partial charge on any atom is 0.267 e. The van der Waals surface area contributed by atoms with Crippen LogP contribution < -0.4 is 4.31 Å². The van der Waals surface area contributed by atoms with Crippen LogP contribution in [0.15, 0.2) is 66.7 Å². The molecule has 0 fully saturated rings. The summed E-state index contributed by atoms with van der Waals surface area (Å²) in [6.45, 7) is 6.43. The Labute approximate surface area is 147 Å². The van der Waals surface area contributed by atoms with Crippen LogP contribution in [0.5, 0.6) is 0 Å². The highest BCUT2D eigenvalue weighted by atomic mass is 32.2. The highest BCUT2D eigenvalue weighted by Gasteiger charge is 2.29. The summed E-state index contributed by atoms with van der Waals surface area (Å²) < 4.78 is 26.5. The number of hydrogen-bond acceptors (Lipinski definition) is 4. The quantitative estimate of drug-likeness (QED) is 0.587. The topological polar surface area (TPSA) is 71.5 Å². The summed E-state index contributed by atoms with van der Waals surface area (Å²) in [6.07, 6.45) is 0. The third-order valence-electron chi connectivity index (χ3n) is 3.53. The number of benzene rings is 2. The van der Waals surface area contributed by atoms with Gasteiger partial charge in [0.2, 0.25) is 10.0 Å². The van der Waals surface area contributed by atoms with Crippen molar-refractivity contribution >= 4 is 27.4 Å². The second-order valence-corrected chi connectivity index (χ2v) is 7.51. The monoisotopic (exact) mass is 357 g/mol. The van der Waals surface area contributed by atoms with E-state index in [1.54, 1.807) is 30.3 Å². The second-order valence-electron chi connectivity index (χ2n) is 5.69. The van der Waals surface area contributed by atoms with Gasteiger partial charge in [0.15, 0.2) is 5.78 Å². The van der Waals surface area contributed by atoms with E-state index in [1.807, 2.05) is 0 Å².